The van der Waals surface area contributed by atoms with Crippen LogP contribution in [0.3, 0.4) is 0 Å². The Bertz CT molecular complexity index is 1120. The first kappa shape index (κ1) is 19.6. The summed E-state index contributed by atoms with van der Waals surface area (Å²) < 4.78 is 15.5. The van der Waals surface area contributed by atoms with Gasteiger partial charge in [-0.3, -0.25) is 9.59 Å². The lowest BCUT2D eigenvalue weighted by Gasteiger charge is -2.12. The fraction of sp³-hybridized carbons (Fsp3) is 0.227. The van der Waals surface area contributed by atoms with Gasteiger partial charge in [0.2, 0.25) is 0 Å². The molecule has 4 rings (SSSR count). The second-order valence-corrected chi connectivity index (χ2v) is 7.25. The Balaban J connectivity index is 1.60. The number of anilines is 2. The van der Waals surface area contributed by atoms with Gasteiger partial charge in [0.15, 0.2) is 0 Å². The van der Waals surface area contributed by atoms with Gasteiger partial charge in [-0.15, -0.1) is 0 Å². The van der Waals surface area contributed by atoms with Crippen molar-refractivity contribution in [2.45, 2.75) is 25.8 Å². The van der Waals surface area contributed by atoms with Gasteiger partial charge >= 0.3 is 0 Å². The van der Waals surface area contributed by atoms with Crippen LogP contribution in [0.1, 0.15) is 39.1 Å². The van der Waals surface area contributed by atoms with E-state index in [2.05, 4.69) is 21.0 Å². The zero-order valence-corrected chi connectivity index (χ0v) is 16.7. The van der Waals surface area contributed by atoms with Crippen LogP contribution in [0.25, 0.3) is 5.69 Å². The van der Waals surface area contributed by atoms with Crippen LogP contribution in [0.4, 0.5) is 15.9 Å². The van der Waals surface area contributed by atoms with Crippen LogP contribution in [0.15, 0.2) is 48.7 Å². The molecule has 0 spiro atoms. The standard InChI is InChI=1S/C22H22FN5O2/c1-13-7-8-14(21(29)26-15-9-10-15)11-18(13)27-22(30)16-12-25-28(20(16)24-2)19-6-4-3-5-17(19)23/h3-8,11-12,15,24H,9-10H2,1-2H3,(H,26,29)(H,27,30). The molecule has 154 valence electrons. The van der Waals surface area contributed by atoms with Crippen molar-refractivity contribution in [1.82, 2.24) is 15.1 Å². The van der Waals surface area contributed by atoms with Crippen LogP contribution < -0.4 is 16.0 Å². The van der Waals surface area contributed by atoms with Crippen molar-refractivity contribution in [3.63, 3.8) is 0 Å². The maximum absolute atomic E-state index is 14.2. The zero-order chi connectivity index (χ0) is 21.3. The molecule has 0 unspecified atom stereocenters. The Morgan fingerprint density at radius 2 is 1.90 bits per heavy atom. The largest absolute Gasteiger partial charge is 0.372 e. The SMILES string of the molecule is CNc1c(C(=O)Nc2cc(C(=O)NC3CC3)ccc2C)cnn1-c1ccccc1F. The lowest BCUT2D eigenvalue weighted by Crippen LogP contribution is -2.25. The van der Waals surface area contributed by atoms with Crippen molar-refractivity contribution in [3.05, 3.63) is 71.2 Å². The number of amides is 2. The summed E-state index contributed by atoms with van der Waals surface area (Å²) in [6.07, 6.45) is 3.38. The third kappa shape index (κ3) is 3.89. The maximum atomic E-state index is 14.2. The molecule has 1 aromatic heterocycles. The predicted octanol–water partition coefficient (Wildman–Crippen LogP) is 3.51. The highest BCUT2D eigenvalue weighted by molar-refractivity contribution is 6.08. The zero-order valence-electron chi connectivity index (χ0n) is 16.7. The highest BCUT2D eigenvalue weighted by atomic mass is 19.1. The van der Waals surface area contributed by atoms with Gasteiger partial charge in [-0.2, -0.15) is 5.10 Å². The first-order valence-corrected chi connectivity index (χ1v) is 9.71. The van der Waals surface area contributed by atoms with E-state index in [0.717, 1.165) is 18.4 Å². The number of aromatic nitrogens is 2. The van der Waals surface area contributed by atoms with E-state index < -0.39 is 11.7 Å². The lowest BCUT2D eigenvalue weighted by molar-refractivity contribution is 0.0949. The lowest BCUT2D eigenvalue weighted by atomic mass is 10.1. The molecular weight excluding hydrogens is 385 g/mol. The molecule has 7 nitrogen and oxygen atoms in total. The predicted molar refractivity (Wildman–Crippen MR) is 113 cm³/mol. The summed E-state index contributed by atoms with van der Waals surface area (Å²) in [4.78, 5) is 25.3. The van der Waals surface area contributed by atoms with E-state index in [-0.39, 0.29) is 23.2 Å². The first-order chi connectivity index (χ1) is 14.5. The second kappa shape index (κ2) is 7.98. The number of aryl methyl sites for hydroxylation is 1. The van der Waals surface area contributed by atoms with Crippen LogP contribution in [-0.4, -0.2) is 34.7 Å². The van der Waals surface area contributed by atoms with Gasteiger partial charge in [-0.25, -0.2) is 9.07 Å². The first-order valence-electron chi connectivity index (χ1n) is 9.71. The number of nitrogens with zero attached hydrogens (tertiary/aromatic N) is 2. The molecule has 2 aromatic carbocycles. The summed E-state index contributed by atoms with van der Waals surface area (Å²) in [5, 5.41) is 12.9. The van der Waals surface area contributed by atoms with Crippen LogP contribution in [0.5, 0.6) is 0 Å². The summed E-state index contributed by atoms with van der Waals surface area (Å²) >= 11 is 0. The molecule has 0 bridgehead atoms. The average Bonchev–Trinajstić information content (AvgIpc) is 3.44. The molecule has 0 radical (unpaired) electrons. The number of rotatable bonds is 6. The minimum Gasteiger partial charge on any atom is -0.372 e. The summed E-state index contributed by atoms with van der Waals surface area (Å²) in [6, 6.07) is 11.6. The number of hydrogen-bond acceptors (Lipinski definition) is 4. The van der Waals surface area contributed by atoms with Crippen molar-refractivity contribution in [1.29, 1.82) is 0 Å². The van der Waals surface area contributed by atoms with Gasteiger partial charge in [-0.05, 0) is 49.6 Å². The van der Waals surface area contributed by atoms with E-state index in [0.29, 0.717) is 17.1 Å². The van der Waals surface area contributed by atoms with Crippen molar-refractivity contribution < 1.29 is 14.0 Å². The molecule has 2 amide bonds. The molecule has 0 saturated heterocycles. The van der Waals surface area contributed by atoms with Gasteiger partial charge in [0.1, 0.15) is 22.9 Å². The van der Waals surface area contributed by atoms with Crippen molar-refractivity contribution in [2.24, 2.45) is 0 Å². The molecule has 8 heteroatoms. The topological polar surface area (TPSA) is 88.1 Å². The number of halogens is 1. The van der Waals surface area contributed by atoms with Crippen LogP contribution >= 0.6 is 0 Å². The number of hydrogen-bond donors (Lipinski definition) is 3. The van der Waals surface area contributed by atoms with Crippen LogP contribution in [-0.2, 0) is 0 Å². The summed E-state index contributed by atoms with van der Waals surface area (Å²) in [5.41, 5.74) is 2.32. The molecule has 1 fully saturated rings. The average molecular weight is 407 g/mol. The number of carbonyl (C=O) groups excluding carboxylic acids is 2. The van der Waals surface area contributed by atoms with Crippen molar-refractivity contribution in [2.75, 3.05) is 17.7 Å². The number of para-hydroxylation sites is 1. The quantitative estimate of drug-likeness (QED) is 0.584. The monoisotopic (exact) mass is 407 g/mol. The molecule has 1 heterocycles. The van der Waals surface area contributed by atoms with Crippen molar-refractivity contribution in [3.8, 4) is 5.69 Å². The Kier molecular flexibility index (Phi) is 5.22. The fourth-order valence-corrected chi connectivity index (χ4v) is 3.15. The number of benzene rings is 2. The van der Waals surface area contributed by atoms with Gasteiger partial charge in [0, 0.05) is 24.3 Å². The molecule has 0 aliphatic heterocycles. The molecule has 1 aliphatic rings. The minimum atomic E-state index is -0.450. The molecule has 0 atom stereocenters. The molecular formula is C22H22FN5O2. The van der Waals surface area contributed by atoms with Crippen LogP contribution in [0, 0.1) is 12.7 Å². The highest BCUT2D eigenvalue weighted by Gasteiger charge is 2.24. The van der Waals surface area contributed by atoms with Crippen LogP contribution in [0.2, 0.25) is 0 Å². The summed E-state index contributed by atoms with van der Waals surface area (Å²) in [6.45, 7) is 1.85. The van der Waals surface area contributed by atoms with E-state index in [1.165, 1.54) is 16.9 Å². The highest BCUT2D eigenvalue weighted by Crippen LogP contribution is 2.25. The molecule has 1 saturated carbocycles. The minimum absolute atomic E-state index is 0.156. The number of carbonyl (C=O) groups is 2. The Labute approximate surface area is 173 Å². The summed E-state index contributed by atoms with van der Waals surface area (Å²) in [7, 11) is 1.64. The van der Waals surface area contributed by atoms with Gasteiger partial charge in [-0.1, -0.05) is 18.2 Å². The van der Waals surface area contributed by atoms with Gasteiger partial charge in [0.25, 0.3) is 11.8 Å². The van der Waals surface area contributed by atoms with Gasteiger partial charge in [0.05, 0.1) is 6.20 Å². The second-order valence-electron chi connectivity index (χ2n) is 7.25. The maximum Gasteiger partial charge on any atom is 0.261 e. The third-order valence-corrected chi connectivity index (χ3v) is 4.99. The third-order valence-electron chi connectivity index (χ3n) is 4.99. The fourth-order valence-electron chi connectivity index (χ4n) is 3.15. The van der Waals surface area contributed by atoms with E-state index in [4.69, 9.17) is 0 Å². The van der Waals surface area contributed by atoms with E-state index >= 15 is 0 Å². The smallest absolute Gasteiger partial charge is 0.261 e. The summed E-state index contributed by atoms with van der Waals surface area (Å²) in [5.74, 6) is -0.659. The van der Waals surface area contributed by atoms with E-state index in [1.807, 2.05) is 6.92 Å². The van der Waals surface area contributed by atoms with Crippen molar-refractivity contribution >= 4 is 23.3 Å². The molecule has 3 aromatic rings. The Hall–Kier alpha value is -3.68. The van der Waals surface area contributed by atoms with Gasteiger partial charge < -0.3 is 16.0 Å². The normalized spacial score (nSPS) is 13.0. The molecule has 3 N–H and O–H groups in total. The van der Waals surface area contributed by atoms with E-state index in [9.17, 15) is 14.0 Å². The molecule has 1 aliphatic carbocycles. The number of nitrogens with one attached hydrogen (secondary N) is 3. The Morgan fingerprint density at radius 1 is 1.13 bits per heavy atom. The molecule has 30 heavy (non-hydrogen) atoms. The Morgan fingerprint density at radius 3 is 2.60 bits per heavy atom. The van der Waals surface area contributed by atoms with E-state index in [1.54, 1.807) is 43.4 Å².